The SMILES string of the molecule is Cc1cccc(C)c1-c1cc[c]cc1.OS. The molecule has 0 saturated heterocycles. The van der Waals surface area contributed by atoms with Gasteiger partial charge in [0.2, 0.25) is 0 Å². The first-order valence-electron chi connectivity index (χ1n) is 5.02. The lowest BCUT2D eigenvalue weighted by Gasteiger charge is -2.09. The third kappa shape index (κ3) is 2.87. The summed E-state index contributed by atoms with van der Waals surface area (Å²) in [7, 11) is 0. The number of thiol groups is 1. The third-order valence-electron chi connectivity index (χ3n) is 2.49. The topological polar surface area (TPSA) is 20.2 Å². The summed E-state index contributed by atoms with van der Waals surface area (Å²) in [5.41, 5.74) is 5.29. The van der Waals surface area contributed by atoms with Crippen molar-refractivity contribution in [1.82, 2.24) is 0 Å². The summed E-state index contributed by atoms with van der Waals surface area (Å²) in [5.74, 6) is 0. The van der Waals surface area contributed by atoms with Crippen LogP contribution in [-0.2, 0) is 0 Å². The van der Waals surface area contributed by atoms with E-state index in [0.29, 0.717) is 0 Å². The highest BCUT2D eigenvalue weighted by atomic mass is 32.1. The Kier molecular flexibility index (Phi) is 5.09. The van der Waals surface area contributed by atoms with Gasteiger partial charge >= 0.3 is 0 Å². The number of hydrogen-bond donors (Lipinski definition) is 2. The largest absolute Gasteiger partial charge is 0.333 e. The zero-order chi connectivity index (χ0) is 12.0. The van der Waals surface area contributed by atoms with Gasteiger partial charge in [0.15, 0.2) is 0 Å². The van der Waals surface area contributed by atoms with Crippen molar-refractivity contribution in [2.45, 2.75) is 13.8 Å². The Morgan fingerprint density at radius 2 is 1.44 bits per heavy atom. The molecule has 0 fully saturated rings. The summed E-state index contributed by atoms with van der Waals surface area (Å²) in [6.07, 6.45) is 0. The summed E-state index contributed by atoms with van der Waals surface area (Å²) in [4.78, 5) is 0. The van der Waals surface area contributed by atoms with Crippen molar-refractivity contribution in [3.63, 3.8) is 0 Å². The average Bonchev–Trinajstić information content (AvgIpc) is 2.33. The van der Waals surface area contributed by atoms with E-state index in [1.165, 1.54) is 22.3 Å². The molecule has 2 aromatic rings. The Bertz CT molecular complexity index is 417. The van der Waals surface area contributed by atoms with Crippen LogP contribution in [-0.4, -0.2) is 4.55 Å². The highest BCUT2D eigenvalue weighted by Crippen LogP contribution is 2.26. The van der Waals surface area contributed by atoms with Crippen LogP contribution >= 0.6 is 12.9 Å². The lowest BCUT2D eigenvalue weighted by molar-refractivity contribution is 0.679. The maximum atomic E-state index is 6.69. The van der Waals surface area contributed by atoms with Gasteiger partial charge in [0.05, 0.1) is 0 Å². The van der Waals surface area contributed by atoms with Crippen molar-refractivity contribution in [1.29, 1.82) is 0 Å². The first-order valence-corrected chi connectivity index (χ1v) is 5.42. The highest BCUT2D eigenvalue weighted by molar-refractivity contribution is 7.74. The Hall–Kier alpha value is -1.25. The summed E-state index contributed by atoms with van der Waals surface area (Å²) in [5, 5.41) is 0. The normalized spacial score (nSPS) is 9.25. The van der Waals surface area contributed by atoms with E-state index >= 15 is 0 Å². The first kappa shape index (κ1) is 12.8. The van der Waals surface area contributed by atoms with Crippen LogP contribution in [0.25, 0.3) is 11.1 Å². The zero-order valence-electron chi connectivity index (χ0n) is 9.44. The molecule has 0 aliphatic rings. The van der Waals surface area contributed by atoms with E-state index in [0.717, 1.165) is 0 Å². The van der Waals surface area contributed by atoms with E-state index in [-0.39, 0.29) is 0 Å². The summed E-state index contributed by atoms with van der Waals surface area (Å²) in [6, 6.07) is 17.6. The maximum absolute atomic E-state index is 6.69. The second-order valence-corrected chi connectivity index (χ2v) is 3.56. The van der Waals surface area contributed by atoms with E-state index in [4.69, 9.17) is 4.55 Å². The van der Waals surface area contributed by atoms with Gasteiger partial charge in [-0.15, -0.1) is 0 Å². The molecule has 1 nitrogen and oxygen atoms in total. The van der Waals surface area contributed by atoms with Crippen LogP contribution in [0.2, 0.25) is 0 Å². The first-order chi connectivity index (χ1) is 7.79. The fraction of sp³-hybridized carbons (Fsp3) is 0.143. The molecule has 0 heterocycles. The van der Waals surface area contributed by atoms with Gasteiger partial charge in [0.1, 0.15) is 0 Å². The van der Waals surface area contributed by atoms with Crippen LogP contribution in [0.3, 0.4) is 0 Å². The molecule has 83 valence electrons. The second-order valence-electron chi connectivity index (χ2n) is 3.56. The van der Waals surface area contributed by atoms with Crippen LogP contribution in [0.15, 0.2) is 42.5 Å². The third-order valence-corrected chi connectivity index (χ3v) is 2.49. The summed E-state index contributed by atoms with van der Waals surface area (Å²) >= 11 is 2.53. The van der Waals surface area contributed by atoms with Crippen LogP contribution < -0.4 is 0 Å². The molecule has 0 aliphatic heterocycles. The van der Waals surface area contributed by atoms with Crippen molar-refractivity contribution < 1.29 is 4.55 Å². The van der Waals surface area contributed by atoms with Gasteiger partial charge in [-0.05, 0) is 55.1 Å². The number of hydrogen-bond acceptors (Lipinski definition) is 2. The van der Waals surface area contributed by atoms with Crippen molar-refractivity contribution in [2.24, 2.45) is 0 Å². The molecule has 0 amide bonds. The molecule has 0 unspecified atom stereocenters. The van der Waals surface area contributed by atoms with Gasteiger partial charge in [-0.1, -0.05) is 42.5 Å². The quantitative estimate of drug-likeness (QED) is 0.558. The van der Waals surface area contributed by atoms with Gasteiger partial charge in [-0.2, -0.15) is 0 Å². The smallest absolute Gasteiger partial charge is 0.0125 e. The van der Waals surface area contributed by atoms with Crippen LogP contribution in [0.1, 0.15) is 11.1 Å². The molecule has 0 bridgehead atoms. The van der Waals surface area contributed by atoms with Gasteiger partial charge in [0, 0.05) is 0 Å². The number of benzene rings is 2. The Morgan fingerprint density at radius 1 is 0.938 bits per heavy atom. The predicted molar refractivity (Wildman–Crippen MR) is 71.8 cm³/mol. The molecular weight excluding hydrogens is 216 g/mol. The molecule has 1 N–H and O–H groups in total. The zero-order valence-corrected chi connectivity index (χ0v) is 10.3. The predicted octanol–water partition coefficient (Wildman–Crippen LogP) is 4.16. The van der Waals surface area contributed by atoms with Gasteiger partial charge in [-0.25, -0.2) is 0 Å². The molecule has 1 radical (unpaired) electrons. The van der Waals surface area contributed by atoms with E-state index in [1.54, 1.807) is 0 Å². The van der Waals surface area contributed by atoms with E-state index in [9.17, 15) is 0 Å². The van der Waals surface area contributed by atoms with Crippen LogP contribution in [0, 0.1) is 19.9 Å². The lowest BCUT2D eigenvalue weighted by Crippen LogP contribution is -1.86. The van der Waals surface area contributed by atoms with E-state index in [1.807, 2.05) is 12.1 Å². The monoisotopic (exact) mass is 231 g/mol. The standard InChI is InChI=1S/C14H13.H2OS/c1-11-7-6-8-12(2)14(11)13-9-4-3-5-10-13;1-2/h4-10H,1-2H3;1-2H. The minimum atomic E-state index is 1.28. The minimum Gasteiger partial charge on any atom is -0.333 e. The Balaban J connectivity index is 0.000000606. The lowest BCUT2D eigenvalue weighted by atomic mass is 9.96. The molecule has 2 aromatic carbocycles. The van der Waals surface area contributed by atoms with Crippen molar-refractivity contribution >= 4 is 12.9 Å². The Labute approximate surface area is 102 Å². The van der Waals surface area contributed by atoms with Gasteiger partial charge in [0.25, 0.3) is 0 Å². The average molecular weight is 231 g/mol. The van der Waals surface area contributed by atoms with Gasteiger partial charge in [-0.3, -0.25) is 0 Å². The highest BCUT2D eigenvalue weighted by Gasteiger charge is 2.03. The van der Waals surface area contributed by atoms with Gasteiger partial charge < -0.3 is 4.55 Å². The molecule has 0 atom stereocenters. The van der Waals surface area contributed by atoms with E-state index in [2.05, 4.69) is 63.2 Å². The maximum Gasteiger partial charge on any atom is -0.0125 e. The minimum absolute atomic E-state index is 1.28. The molecule has 2 heteroatoms. The van der Waals surface area contributed by atoms with Crippen LogP contribution in [0.5, 0.6) is 0 Å². The second kappa shape index (κ2) is 6.36. The van der Waals surface area contributed by atoms with Crippen LogP contribution in [0.4, 0.5) is 0 Å². The van der Waals surface area contributed by atoms with Crippen molar-refractivity contribution in [3.8, 4) is 11.1 Å². The number of rotatable bonds is 1. The molecule has 0 aromatic heterocycles. The van der Waals surface area contributed by atoms with E-state index < -0.39 is 0 Å². The molecule has 0 saturated carbocycles. The Morgan fingerprint density at radius 3 is 1.94 bits per heavy atom. The molecule has 16 heavy (non-hydrogen) atoms. The molecular formula is C14H15OS. The molecule has 0 spiro atoms. The summed E-state index contributed by atoms with van der Waals surface area (Å²) in [6.45, 7) is 4.30. The molecule has 0 aliphatic carbocycles. The fourth-order valence-electron chi connectivity index (χ4n) is 1.82. The fourth-order valence-corrected chi connectivity index (χ4v) is 1.82. The molecule has 2 rings (SSSR count). The van der Waals surface area contributed by atoms with Crippen molar-refractivity contribution in [3.05, 3.63) is 59.7 Å². The van der Waals surface area contributed by atoms with Crippen molar-refractivity contribution in [2.75, 3.05) is 0 Å². The number of aryl methyl sites for hydroxylation is 2. The summed E-state index contributed by atoms with van der Waals surface area (Å²) < 4.78 is 6.69.